The third-order valence-corrected chi connectivity index (χ3v) is 3.84. The molecule has 1 heterocycles. The van der Waals surface area contributed by atoms with Crippen molar-refractivity contribution in [3.05, 3.63) is 64.8 Å². The smallest absolute Gasteiger partial charge is 0.335 e. The Labute approximate surface area is 132 Å². The van der Waals surface area contributed by atoms with E-state index in [4.69, 9.17) is 21.4 Å². The van der Waals surface area contributed by atoms with Gasteiger partial charge in [-0.05, 0) is 42.5 Å². The largest absolute Gasteiger partial charge is 0.487 e. The molecule has 0 radical (unpaired) electrons. The second-order valence-corrected chi connectivity index (χ2v) is 5.45. The Hall–Kier alpha value is -2.46. The minimum atomic E-state index is -0.929. The van der Waals surface area contributed by atoms with Gasteiger partial charge in [0, 0.05) is 23.0 Å². The summed E-state index contributed by atoms with van der Waals surface area (Å²) in [6.45, 7) is 0.398. The number of aryl methyl sites for hydroxylation is 1. The number of rotatable bonds is 4. The summed E-state index contributed by atoms with van der Waals surface area (Å²) in [6.07, 6.45) is 0. The quantitative estimate of drug-likeness (QED) is 0.788. The molecule has 5 heteroatoms. The Morgan fingerprint density at radius 1 is 1.18 bits per heavy atom. The molecule has 0 unspecified atom stereocenters. The number of hydrogen-bond donors (Lipinski definition) is 1. The number of halogens is 1. The van der Waals surface area contributed by atoms with Crippen molar-refractivity contribution < 1.29 is 14.6 Å². The Balaban J connectivity index is 1.86. The van der Waals surface area contributed by atoms with Crippen LogP contribution in [0.4, 0.5) is 0 Å². The summed E-state index contributed by atoms with van der Waals surface area (Å²) in [5.74, 6) is -0.192. The van der Waals surface area contributed by atoms with Crippen LogP contribution in [0.2, 0.25) is 5.02 Å². The van der Waals surface area contributed by atoms with Gasteiger partial charge in [-0.2, -0.15) is 0 Å². The number of benzene rings is 2. The lowest BCUT2D eigenvalue weighted by Gasteiger charge is -2.07. The summed E-state index contributed by atoms with van der Waals surface area (Å²) in [5.41, 5.74) is 2.11. The van der Waals surface area contributed by atoms with E-state index in [1.165, 1.54) is 0 Å². The average Bonchev–Trinajstić information content (AvgIpc) is 2.83. The molecule has 1 aromatic heterocycles. The van der Waals surface area contributed by atoms with Gasteiger partial charge in [-0.15, -0.1) is 0 Å². The lowest BCUT2D eigenvalue weighted by atomic mass is 10.1. The maximum atomic E-state index is 11.1. The Bertz CT molecular complexity index is 837. The molecule has 0 bridgehead atoms. The number of carbonyl (C=O) groups is 1. The predicted molar refractivity (Wildman–Crippen MR) is 85.7 cm³/mol. The first-order valence-corrected chi connectivity index (χ1v) is 7.12. The van der Waals surface area contributed by atoms with Crippen LogP contribution >= 0.6 is 11.6 Å². The van der Waals surface area contributed by atoms with Crippen LogP contribution in [0.15, 0.2) is 48.5 Å². The van der Waals surface area contributed by atoms with Crippen molar-refractivity contribution in [3.63, 3.8) is 0 Å². The maximum Gasteiger partial charge on any atom is 0.335 e. The Morgan fingerprint density at radius 3 is 2.59 bits per heavy atom. The molecule has 0 aliphatic rings. The number of aromatic nitrogens is 1. The lowest BCUT2D eigenvalue weighted by molar-refractivity contribution is 0.0697. The van der Waals surface area contributed by atoms with Gasteiger partial charge in [0.05, 0.1) is 11.3 Å². The van der Waals surface area contributed by atoms with Crippen LogP contribution in [-0.2, 0) is 13.7 Å². The van der Waals surface area contributed by atoms with E-state index in [0.29, 0.717) is 11.6 Å². The van der Waals surface area contributed by atoms with Gasteiger partial charge in [0.2, 0.25) is 0 Å². The van der Waals surface area contributed by atoms with Crippen molar-refractivity contribution in [2.45, 2.75) is 6.61 Å². The van der Waals surface area contributed by atoms with Crippen molar-refractivity contribution in [3.8, 4) is 5.75 Å². The van der Waals surface area contributed by atoms with E-state index in [-0.39, 0.29) is 5.56 Å². The molecule has 22 heavy (non-hydrogen) atoms. The molecule has 0 saturated heterocycles. The molecule has 1 N–H and O–H groups in total. The number of carboxylic acid groups (broad SMARTS) is 1. The first kappa shape index (κ1) is 14.5. The van der Waals surface area contributed by atoms with Gasteiger partial charge in [0.25, 0.3) is 0 Å². The standard InChI is InChI=1S/C17H14ClNO3/c1-19-14(10-22-15-6-4-13(18)5-7-15)8-11-2-3-12(17(20)21)9-16(11)19/h2-9H,10H2,1H3,(H,20,21). The van der Waals surface area contributed by atoms with Crippen molar-refractivity contribution in [2.75, 3.05) is 0 Å². The molecule has 3 aromatic rings. The fraction of sp³-hybridized carbons (Fsp3) is 0.118. The molecule has 0 fully saturated rings. The first-order valence-electron chi connectivity index (χ1n) is 6.74. The zero-order valence-electron chi connectivity index (χ0n) is 11.9. The molecular formula is C17H14ClNO3. The van der Waals surface area contributed by atoms with E-state index in [0.717, 1.165) is 22.3 Å². The fourth-order valence-electron chi connectivity index (χ4n) is 2.35. The molecule has 0 spiro atoms. The average molecular weight is 316 g/mol. The van der Waals surface area contributed by atoms with Crippen molar-refractivity contribution in [1.82, 2.24) is 4.57 Å². The molecule has 0 amide bonds. The highest BCUT2D eigenvalue weighted by molar-refractivity contribution is 6.30. The van der Waals surface area contributed by atoms with Crippen molar-refractivity contribution in [2.24, 2.45) is 7.05 Å². The normalized spacial score (nSPS) is 10.8. The van der Waals surface area contributed by atoms with Crippen LogP contribution in [0, 0.1) is 0 Å². The van der Waals surface area contributed by atoms with Crippen LogP contribution in [0.5, 0.6) is 5.75 Å². The lowest BCUT2D eigenvalue weighted by Crippen LogP contribution is -2.02. The van der Waals surface area contributed by atoms with E-state index in [9.17, 15) is 4.79 Å². The number of carboxylic acids is 1. The molecule has 112 valence electrons. The first-order chi connectivity index (χ1) is 10.5. The van der Waals surface area contributed by atoms with E-state index >= 15 is 0 Å². The summed E-state index contributed by atoms with van der Waals surface area (Å²) < 4.78 is 7.68. The van der Waals surface area contributed by atoms with Crippen LogP contribution in [-0.4, -0.2) is 15.6 Å². The molecule has 0 aliphatic heterocycles. The molecular weight excluding hydrogens is 302 g/mol. The fourth-order valence-corrected chi connectivity index (χ4v) is 2.47. The van der Waals surface area contributed by atoms with E-state index in [1.54, 1.807) is 24.3 Å². The van der Waals surface area contributed by atoms with Gasteiger partial charge in [0.1, 0.15) is 12.4 Å². The van der Waals surface area contributed by atoms with E-state index in [2.05, 4.69) is 0 Å². The minimum Gasteiger partial charge on any atom is -0.487 e. The van der Waals surface area contributed by atoms with Gasteiger partial charge in [0.15, 0.2) is 0 Å². The second-order valence-electron chi connectivity index (χ2n) is 5.02. The van der Waals surface area contributed by atoms with Crippen LogP contribution in [0.25, 0.3) is 10.9 Å². The number of ether oxygens (including phenoxy) is 1. The highest BCUT2D eigenvalue weighted by Gasteiger charge is 2.10. The molecule has 0 aliphatic carbocycles. The third-order valence-electron chi connectivity index (χ3n) is 3.59. The van der Waals surface area contributed by atoms with Crippen LogP contribution < -0.4 is 4.74 Å². The van der Waals surface area contributed by atoms with Crippen LogP contribution in [0.1, 0.15) is 16.1 Å². The maximum absolute atomic E-state index is 11.1. The summed E-state index contributed by atoms with van der Waals surface area (Å²) in [5, 5.41) is 10.7. The monoisotopic (exact) mass is 315 g/mol. The molecule has 3 rings (SSSR count). The molecule has 0 saturated carbocycles. The second kappa shape index (κ2) is 5.73. The summed E-state index contributed by atoms with van der Waals surface area (Å²) >= 11 is 5.84. The molecule has 0 atom stereocenters. The van der Waals surface area contributed by atoms with Gasteiger partial charge in [-0.3, -0.25) is 0 Å². The SMILES string of the molecule is Cn1c(COc2ccc(Cl)cc2)cc2ccc(C(=O)O)cc21. The minimum absolute atomic E-state index is 0.277. The van der Waals surface area contributed by atoms with Crippen molar-refractivity contribution in [1.29, 1.82) is 0 Å². The Morgan fingerprint density at radius 2 is 1.91 bits per heavy atom. The highest BCUT2D eigenvalue weighted by atomic mass is 35.5. The van der Waals surface area contributed by atoms with E-state index < -0.39 is 5.97 Å². The topological polar surface area (TPSA) is 51.5 Å². The number of aromatic carboxylic acids is 1. The number of fused-ring (bicyclic) bond motifs is 1. The van der Waals surface area contributed by atoms with Gasteiger partial charge < -0.3 is 14.4 Å². The highest BCUT2D eigenvalue weighted by Crippen LogP contribution is 2.22. The summed E-state index contributed by atoms with van der Waals surface area (Å²) in [6, 6.07) is 14.3. The number of hydrogen-bond acceptors (Lipinski definition) is 2. The van der Waals surface area contributed by atoms with Crippen molar-refractivity contribution >= 4 is 28.5 Å². The van der Waals surface area contributed by atoms with E-state index in [1.807, 2.05) is 35.9 Å². The summed E-state index contributed by atoms with van der Waals surface area (Å²) in [4.78, 5) is 11.1. The van der Waals surface area contributed by atoms with Gasteiger partial charge in [-0.25, -0.2) is 4.79 Å². The zero-order chi connectivity index (χ0) is 15.7. The third kappa shape index (κ3) is 2.78. The zero-order valence-corrected chi connectivity index (χ0v) is 12.7. The molecule has 2 aromatic carbocycles. The van der Waals surface area contributed by atoms with Crippen LogP contribution in [0.3, 0.4) is 0 Å². The Kier molecular flexibility index (Phi) is 3.77. The van der Waals surface area contributed by atoms with Gasteiger partial charge >= 0.3 is 5.97 Å². The van der Waals surface area contributed by atoms with Gasteiger partial charge in [-0.1, -0.05) is 17.7 Å². The number of nitrogens with zero attached hydrogens (tertiary/aromatic N) is 1. The predicted octanol–water partition coefficient (Wildman–Crippen LogP) is 4.11. The molecule has 4 nitrogen and oxygen atoms in total. The summed E-state index contributed by atoms with van der Waals surface area (Å²) in [7, 11) is 1.90.